The molecule has 3 aromatic rings. The third-order valence-electron chi connectivity index (χ3n) is 3.68. The lowest BCUT2D eigenvalue weighted by Crippen LogP contribution is -2.17. The smallest absolute Gasteiger partial charge is 0.271 e. The molecule has 0 heterocycles. The van der Waals surface area contributed by atoms with Crippen molar-refractivity contribution < 1.29 is 9.53 Å². The number of nitrogens with one attached hydrogen (secondary N) is 1. The summed E-state index contributed by atoms with van der Waals surface area (Å²) in [5.74, 6) is 0.419. The molecule has 0 atom stereocenters. The van der Waals surface area contributed by atoms with Crippen molar-refractivity contribution in [2.24, 2.45) is 5.10 Å². The number of nitrogens with zero attached hydrogens (tertiary/aromatic N) is 1. The zero-order valence-corrected chi connectivity index (χ0v) is 13.7. The summed E-state index contributed by atoms with van der Waals surface area (Å²) < 4.78 is 5.39. The van der Waals surface area contributed by atoms with Crippen LogP contribution in [0.4, 0.5) is 0 Å². The average molecular weight is 330 g/mol. The van der Waals surface area contributed by atoms with Crippen molar-refractivity contribution in [2.45, 2.75) is 0 Å². The topological polar surface area (TPSA) is 50.7 Å². The van der Waals surface area contributed by atoms with Crippen LogP contribution in [0.15, 0.2) is 84.5 Å². The Morgan fingerprint density at radius 2 is 1.80 bits per heavy atom. The van der Waals surface area contributed by atoms with E-state index < -0.39 is 0 Å². The van der Waals surface area contributed by atoms with Crippen molar-refractivity contribution in [3.05, 3.63) is 90.5 Å². The van der Waals surface area contributed by atoms with Gasteiger partial charge in [-0.3, -0.25) is 4.79 Å². The maximum atomic E-state index is 12.1. The molecule has 0 aliphatic heterocycles. The lowest BCUT2D eigenvalue weighted by molar-refractivity contribution is 0.0955. The van der Waals surface area contributed by atoms with Crippen LogP contribution in [0.5, 0.6) is 5.75 Å². The molecular weight excluding hydrogens is 312 g/mol. The fraction of sp³-hybridized carbons (Fsp3) is 0.0476. The highest BCUT2D eigenvalue weighted by Gasteiger charge is 2.04. The first-order valence-electron chi connectivity index (χ1n) is 7.93. The molecule has 1 amide bonds. The number of fused-ring (bicyclic) bond motifs is 1. The van der Waals surface area contributed by atoms with Gasteiger partial charge in [-0.1, -0.05) is 55.1 Å². The maximum absolute atomic E-state index is 12.1. The predicted octanol–water partition coefficient (Wildman–Crippen LogP) is 4.17. The Kier molecular flexibility index (Phi) is 5.22. The minimum atomic E-state index is -0.272. The second kappa shape index (κ2) is 7.93. The number of rotatable bonds is 6. The molecule has 0 saturated heterocycles. The van der Waals surface area contributed by atoms with E-state index in [0.717, 1.165) is 16.3 Å². The predicted molar refractivity (Wildman–Crippen MR) is 101 cm³/mol. The Balaban J connectivity index is 1.67. The molecule has 3 rings (SSSR count). The van der Waals surface area contributed by atoms with Crippen LogP contribution in [0.3, 0.4) is 0 Å². The van der Waals surface area contributed by atoms with Gasteiger partial charge >= 0.3 is 0 Å². The van der Waals surface area contributed by atoms with Crippen LogP contribution in [0.25, 0.3) is 10.8 Å². The van der Waals surface area contributed by atoms with Gasteiger partial charge < -0.3 is 4.74 Å². The van der Waals surface area contributed by atoms with Crippen molar-refractivity contribution in [1.29, 1.82) is 0 Å². The molecule has 0 aromatic heterocycles. The van der Waals surface area contributed by atoms with E-state index in [0.29, 0.717) is 17.9 Å². The summed E-state index contributed by atoms with van der Waals surface area (Å²) in [6.45, 7) is 4.03. The minimum absolute atomic E-state index is 0.272. The van der Waals surface area contributed by atoms with Crippen LogP contribution in [-0.2, 0) is 0 Å². The minimum Gasteiger partial charge on any atom is -0.490 e. The number of hydrogen-bond acceptors (Lipinski definition) is 3. The van der Waals surface area contributed by atoms with E-state index >= 15 is 0 Å². The molecule has 0 fully saturated rings. The van der Waals surface area contributed by atoms with Crippen LogP contribution in [0, 0.1) is 0 Å². The molecule has 0 saturated carbocycles. The van der Waals surface area contributed by atoms with Gasteiger partial charge in [0.1, 0.15) is 12.4 Å². The van der Waals surface area contributed by atoms with Gasteiger partial charge in [0, 0.05) is 11.1 Å². The summed E-state index contributed by atoms with van der Waals surface area (Å²) in [5.41, 5.74) is 4.01. The summed E-state index contributed by atoms with van der Waals surface area (Å²) in [6, 6.07) is 20.9. The third-order valence-corrected chi connectivity index (χ3v) is 3.68. The zero-order valence-electron chi connectivity index (χ0n) is 13.7. The number of ether oxygens (including phenoxy) is 1. The Morgan fingerprint density at radius 1 is 1.04 bits per heavy atom. The molecule has 0 aliphatic rings. The lowest BCUT2D eigenvalue weighted by Gasteiger charge is -2.04. The van der Waals surface area contributed by atoms with Gasteiger partial charge in [0.05, 0.1) is 6.21 Å². The van der Waals surface area contributed by atoms with Gasteiger partial charge in [-0.25, -0.2) is 5.43 Å². The Labute approximate surface area is 146 Å². The first-order valence-corrected chi connectivity index (χ1v) is 7.93. The van der Waals surface area contributed by atoms with E-state index in [-0.39, 0.29) is 5.91 Å². The largest absolute Gasteiger partial charge is 0.490 e. The van der Waals surface area contributed by atoms with Crippen LogP contribution < -0.4 is 10.2 Å². The number of hydrogen-bond donors (Lipinski definition) is 1. The van der Waals surface area contributed by atoms with E-state index in [2.05, 4.69) is 17.1 Å². The van der Waals surface area contributed by atoms with E-state index in [9.17, 15) is 4.79 Å². The van der Waals surface area contributed by atoms with Gasteiger partial charge in [0.25, 0.3) is 5.91 Å². The van der Waals surface area contributed by atoms with E-state index in [1.807, 2.05) is 42.5 Å². The quantitative estimate of drug-likeness (QED) is 0.419. The fourth-order valence-electron chi connectivity index (χ4n) is 2.45. The van der Waals surface area contributed by atoms with Crippen LogP contribution in [0.1, 0.15) is 15.9 Å². The second-order valence-corrected chi connectivity index (χ2v) is 5.39. The highest BCUT2D eigenvalue weighted by molar-refractivity contribution is 6.00. The Bertz CT molecular complexity index is 909. The molecule has 3 aromatic carbocycles. The molecule has 0 bridgehead atoms. The van der Waals surface area contributed by atoms with Gasteiger partial charge in [-0.15, -0.1) is 0 Å². The normalized spacial score (nSPS) is 10.7. The van der Waals surface area contributed by atoms with Crippen molar-refractivity contribution in [3.63, 3.8) is 0 Å². The molecule has 25 heavy (non-hydrogen) atoms. The summed E-state index contributed by atoms with van der Waals surface area (Å²) in [7, 11) is 0. The summed E-state index contributed by atoms with van der Waals surface area (Å²) in [6.07, 6.45) is 3.32. The maximum Gasteiger partial charge on any atom is 0.271 e. The standard InChI is InChI=1S/C21H18N2O2/c1-2-14-25-19-12-10-17(11-13-19)21(24)23-22-15-18-8-5-7-16-6-3-4-9-20(16)18/h2-13,15H,1,14H2,(H,23,24). The van der Waals surface area contributed by atoms with E-state index in [4.69, 9.17) is 4.74 Å². The van der Waals surface area contributed by atoms with Gasteiger partial charge in [0.2, 0.25) is 0 Å². The summed E-state index contributed by atoms with van der Waals surface area (Å²) in [4.78, 5) is 12.1. The van der Waals surface area contributed by atoms with Crippen molar-refractivity contribution >= 4 is 22.9 Å². The summed E-state index contributed by atoms with van der Waals surface area (Å²) in [5, 5.41) is 6.29. The molecule has 124 valence electrons. The first kappa shape index (κ1) is 16.5. The van der Waals surface area contributed by atoms with Gasteiger partial charge in [-0.05, 0) is 35.0 Å². The molecule has 0 radical (unpaired) electrons. The van der Waals surface area contributed by atoms with E-state index in [1.54, 1.807) is 36.6 Å². The number of hydrazone groups is 1. The number of carbonyl (C=O) groups is 1. The third kappa shape index (κ3) is 4.12. The SMILES string of the molecule is C=CCOc1ccc(C(=O)NN=Cc2cccc3ccccc23)cc1. The van der Waals surface area contributed by atoms with E-state index in [1.165, 1.54) is 0 Å². The second-order valence-electron chi connectivity index (χ2n) is 5.39. The number of carbonyl (C=O) groups excluding carboxylic acids is 1. The molecule has 0 aliphatic carbocycles. The zero-order chi connectivity index (χ0) is 17.5. The van der Waals surface area contributed by atoms with Gasteiger partial charge in [0.15, 0.2) is 0 Å². The Hall–Kier alpha value is -3.40. The van der Waals surface area contributed by atoms with Crippen LogP contribution in [0.2, 0.25) is 0 Å². The molecule has 4 nitrogen and oxygen atoms in total. The van der Waals surface area contributed by atoms with Crippen molar-refractivity contribution in [1.82, 2.24) is 5.43 Å². The summed E-state index contributed by atoms with van der Waals surface area (Å²) >= 11 is 0. The molecule has 0 spiro atoms. The molecule has 4 heteroatoms. The average Bonchev–Trinajstić information content (AvgIpc) is 2.67. The number of amides is 1. The van der Waals surface area contributed by atoms with Crippen LogP contribution in [-0.4, -0.2) is 18.7 Å². The number of benzene rings is 3. The highest BCUT2D eigenvalue weighted by Crippen LogP contribution is 2.16. The van der Waals surface area contributed by atoms with Crippen molar-refractivity contribution in [3.8, 4) is 5.75 Å². The highest BCUT2D eigenvalue weighted by atomic mass is 16.5. The van der Waals surface area contributed by atoms with Gasteiger partial charge in [-0.2, -0.15) is 5.10 Å². The monoisotopic (exact) mass is 330 g/mol. The fourth-order valence-corrected chi connectivity index (χ4v) is 2.45. The lowest BCUT2D eigenvalue weighted by atomic mass is 10.1. The Morgan fingerprint density at radius 3 is 2.60 bits per heavy atom. The molecule has 1 N–H and O–H groups in total. The molecular formula is C21H18N2O2. The molecule has 0 unspecified atom stereocenters. The van der Waals surface area contributed by atoms with Crippen molar-refractivity contribution in [2.75, 3.05) is 6.61 Å². The first-order chi connectivity index (χ1) is 12.3. The van der Waals surface area contributed by atoms with Crippen LogP contribution >= 0.6 is 0 Å².